The van der Waals surface area contributed by atoms with Crippen LogP contribution in [0.2, 0.25) is 0 Å². The molecule has 0 aliphatic carbocycles. The summed E-state index contributed by atoms with van der Waals surface area (Å²) in [6.45, 7) is 3.09. The average molecular weight is 391 g/mol. The molecule has 0 spiro atoms. The molecule has 0 atom stereocenters. The predicted molar refractivity (Wildman–Crippen MR) is 108 cm³/mol. The van der Waals surface area contributed by atoms with Crippen molar-refractivity contribution in [2.24, 2.45) is 4.99 Å². The van der Waals surface area contributed by atoms with Gasteiger partial charge in [0.25, 0.3) is 0 Å². The molecule has 7 nitrogen and oxygen atoms in total. The fourth-order valence-electron chi connectivity index (χ4n) is 2.37. The third-order valence-electron chi connectivity index (χ3n) is 3.76. The van der Waals surface area contributed by atoms with E-state index in [-0.39, 0.29) is 0 Å². The third kappa shape index (κ3) is 5.89. The number of rotatable bonds is 7. The summed E-state index contributed by atoms with van der Waals surface area (Å²) in [7, 11) is -0.0220. The van der Waals surface area contributed by atoms with E-state index >= 15 is 0 Å². The Bertz CT molecular complexity index is 894. The molecule has 0 fully saturated rings. The molecule has 2 aromatic carbocycles. The molecule has 146 valence electrons. The Balaban J connectivity index is 2.14. The van der Waals surface area contributed by atoms with Crippen molar-refractivity contribution in [3.63, 3.8) is 0 Å². The molecule has 0 radical (unpaired) electrons. The van der Waals surface area contributed by atoms with Gasteiger partial charge in [-0.15, -0.1) is 0 Å². The highest BCUT2D eigenvalue weighted by Gasteiger charge is 2.08. The van der Waals surface area contributed by atoms with Gasteiger partial charge in [0.1, 0.15) is 0 Å². The van der Waals surface area contributed by atoms with Crippen LogP contribution in [0, 0.1) is 0 Å². The topological polar surface area (TPSA) is 89.0 Å². The fraction of sp³-hybridized carbons (Fsp3) is 0.316. The van der Waals surface area contributed by atoms with Crippen LogP contribution in [0.4, 0.5) is 5.69 Å². The smallest absolute Gasteiger partial charge is 0.196 e. The number of guanidine groups is 1. The second kappa shape index (κ2) is 9.27. The summed E-state index contributed by atoms with van der Waals surface area (Å²) in [6, 6.07) is 12.2. The third-order valence-corrected chi connectivity index (χ3v) is 4.89. The largest absolute Gasteiger partial charge is 0.493 e. The maximum Gasteiger partial charge on any atom is 0.196 e. The van der Waals surface area contributed by atoms with E-state index in [0.717, 1.165) is 11.3 Å². The minimum atomic E-state index is -3.20. The lowest BCUT2D eigenvalue weighted by Gasteiger charge is -2.14. The van der Waals surface area contributed by atoms with Gasteiger partial charge in [-0.05, 0) is 36.8 Å². The van der Waals surface area contributed by atoms with Crippen LogP contribution in [-0.2, 0) is 16.4 Å². The molecule has 0 amide bonds. The standard InChI is InChI=1S/C19H25N3O4S/c1-5-20-19(22-15-8-11-17(25-2)18(12-15)26-3)21-13-14-6-9-16(10-7-14)27(4,23)24/h6-12H,5,13H2,1-4H3,(H2,20,21,22). The molecule has 0 aliphatic rings. The first-order chi connectivity index (χ1) is 12.9. The Kier molecular flexibility index (Phi) is 7.06. The zero-order valence-corrected chi connectivity index (χ0v) is 16.8. The highest BCUT2D eigenvalue weighted by Crippen LogP contribution is 2.29. The molecule has 8 heteroatoms. The van der Waals surface area contributed by atoms with Crippen molar-refractivity contribution in [3.8, 4) is 11.5 Å². The first-order valence-electron chi connectivity index (χ1n) is 8.43. The van der Waals surface area contributed by atoms with Gasteiger partial charge in [0.15, 0.2) is 27.3 Å². The van der Waals surface area contributed by atoms with E-state index in [1.165, 1.54) is 6.26 Å². The molecule has 0 saturated carbocycles. The van der Waals surface area contributed by atoms with Gasteiger partial charge < -0.3 is 20.1 Å². The minimum absolute atomic E-state index is 0.297. The van der Waals surface area contributed by atoms with Gasteiger partial charge in [-0.1, -0.05) is 12.1 Å². The fourth-order valence-corrected chi connectivity index (χ4v) is 3.00. The molecular formula is C19H25N3O4S. The number of nitrogens with one attached hydrogen (secondary N) is 2. The number of anilines is 1. The molecule has 2 rings (SSSR count). The van der Waals surface area contributed by atoms with Gasteiger partial charge in [0, 0.05) is 24.6 Å². The highest BCUT2D eigenvalue weighted by molar-refractivity contribution is 7.90. The van der Waals surface area contributed by atoms with Crippen molar-refractivity contribution in [3.05, 3.63) is 48.0 Å². The molecule has 0 aliphatic heterocycles. The number of sulfone groups is 1. The second-order valence-electron chi connectivity index (χ2n) is 5.81. The molecule has 0 unspecified atom stereocenters. The Morgan fingerprint density at radius 2 is 1.70 bits per heavy atom. The molecule has 27 heavy (non-hydrogen) atoms. The van der Waals surface area contributed by atoms with E-state index in [4.69, 9.17) is 9.47 Å². The van der Waals surface area contributed by atoms with Crippen molar-refractivity contribution in [2.75, 3.05) is 32.3 Å². The number of hydrogen-bond donors (Lipinski definition) is 2. The summed E-state index contributed by atoms with van der Waals surface area (Å²) >= 11 is 0. The van der Waals surface area contributed by atoms with E-state index in [9.17, 15) is 8.42 Å². The zero-order valence-electron chi connectivity index (χ0n) is 15.9. The van der Waals surface area contributed by atoms with Crippen LogP contribution in [0.25, 0.3) is 0 Å². The minimum Gasteiger partial charge on any atom is -0.493 e. The molecule has 0 aromatic heterocycles. The van der Waals surface area contributed by atoms with Crippen molar-refractivity contribution >= 4 is 21.5 Å². The number of nitrogens with zero attached hydrogens (tertiary/aromatic N) is 1. The second-order valence-corrected chi connectivity index (χ2v) is 7.82. The Labute approximate surface area is 160 Å². The predicted octanol–water partition coefficient (Wildman–Crippen LogP) is 2.68. The number of aliphatic imine (C=N–C) groups is 1. The first-order valence-corrected chi connectivity index (χ1v) is 10.3. The van der Waals surface area contributed by atoms with E-state index in [1.807, 2.05) is 25.1 Å². The van der Waals surface area contributed by atoms with E-state index < -0.39 is 9.84 Å². The first kappa shape index (κ1) is 20.6. The molecular weight excluding hydrogens is 366 g/mol. The number of hydrogen-bond acceptors (Lipinski definition) is 5. The molecule has 0 bridgehead atoms. The number of methoxy groups -OCH3 is 2. The number of ether oxygens (including phenoxy) is 2. The average Bonchev–Trinajstić information content (AvgIpc) is 2.65. The summed E-state index contributed by atoms with van der Waals surface area (Å²) in [6.07, 6.45) is 1.19. The maximum atomic E-state index is 11.5. The molecule has 2 aromatic rings. The van der Waals surface area contributed by atoms with Crippen molar-refractivity contribution in [1.29, 1.82) is 0 Å². The van der Waals surface area contributed by atoms with Gasteiger partial charge in [0.05, 0.1) is 25.7 Å². The monoisotopic (exact) mass is 391 g/mol. The molecule has 0 saturated heterocycles. The van der Waals surface area contributed by atoms with Crippen LogP contribution in [0.15, 0.2) is 52.4 Å². The lowest BCUT2D eigenvalue weighted by molar-refractivity contribution is 0.355. The summed E-state index contributed by atoms with van der Waals surface area (Å²) in [5.41, 5.74) is 1.71. The molecule has 0 heterocycles. The Hall–Kier alpha value is -2.74. The zero-order chi connectivity index (χ0) is 19.9. The van der Waals surface area contributed by atoms with Gasteiger partial charge in [-0.3, -0.25) is 0 Å². The van der Waals surface area contributed by atoms with Crippen LogP contribution in [0.1, 0.15) is 12.5 Å². The normalized spacial score (nSPS) is 11.8. The van der Waals surface area contributed by atoms with Crippen molar-refractivity contribution in [2.45, 2.75) is 18.4 Å². The van der Waals surface area contributed by atoms with Gasteiger partial charge in [-0.25, -0.2) is 13.4 Å². The summed E-state index contributed by atoms with van der Waals surface area (Å²) < 4.78 is 33.6. The lowest BCUT2D eigenvalue weighted by atomic mass is 10.2. The van der Waals surface area contributed by atoms with Crippen LogP contribution >= 0.6 is 0 Å². The van der Waals surface area contributed by atoms with E-state index in [2.05, 4.69) is 15.6 Å². The molecule has 2 N–H and O–H groups in total. The Morgan fingerprint density at radius 1 is 1.04 bits per heavy atom. The van der Waals surface area contributed by atoms with Gasteiger partial charge >= 0.3 is 0 Å². The number of benzene rings is 2. The lowest BCUT2D eigenvalue weighted by Crippen LogP contribution is -2.30. The van der Waals surface area contributed by atoms with Crippen LogP contribution < -0.4 is 20.1 Å². The van der Waals surface area contributed by atoms with E-state index in [1.54, 1.807) is 38.5 Å². The SMILES string of the molecule is CCNC(=NCc1ccc(S(C)(=O)=O)cc1)Nc1ccc(OC)c(OC)c1. The van der Waals surface area contributed by atoms with Crippen molar-refractivity contribution in [1.82, 2.24) is 5.32 Å². The summed E-state index contributed by atoms with van der Waals surface area (Å²) in [5.74, 6) is 1.88. The van der Waals surface area contributed by atoms with Gasteiger partial charge in [-0.2, -0.15) is 0 Å². The Morgan fingerprint density at radius 3 is 2.26 bits per heavy atom. The highest BCUT2D eigenvalue weighted by atomic mass is 32.2. The van der Waals surface area contributed by atoms with Crippen LogP contribution in [0.5, 0.6) is 11.5 Å². The summed E-state index contributed by atoms with van der Waals surface area (Å²) in [5, 5.41) is 6.39. The van der Waals surface area contributed by atoms with E-state index in [0.29, 0.717) is 35.4 Å². The van der Waals surface area contributed by atoms with Crippen LogP contribution in [0.3, 0.4) is 0 Å². The van der Waals surface area contributed by atoms with Crippen LogP contribution in [-0.4, -0.2) is 41.4 Å². The maximum absolute atomic E-state index is 11.5. The van der Waals surface area contributed by atoms with Gasteiger partial charge in [0.2, 0.25) is 0 Å². The quantitative estimate of drug-likeness (QED) is 0.557. The summed E-state index contributed by atoms with van der Waals surface area (Å²) in [4.78, 5) is 4.84. The van der Waals surface area contributed by atoms with Crippen molar-refractivity contribution < 1.29 is 17.9 Å².